The number of hydrogen-bond donors (Lipinski definition) is 2. The van der Waals surface area contributed by atoms with Crippen LogP contribution in [0.1, 0.15) is 38.5 Å². The minimum absolute atomic E-state index is 0.170. The third kappa shape index (κ3) is 2.14. The van der Waals surface area contributed by atoms with Crippen LogP contribution in [0.4, 0.5) is 5.69 Å². The molecule has 1 aromatic heterocycles. The molecule has 1 aromatic rings. The van der Waals surface area contributed by atoms with Crippen molar-refractivity contribution in [3.05, 3.63) is 24.5 Å². The molecule has 0 saturated heterocycles. The quantitative estimate of drug-likeness (QED) is 0.876. The monoisotopic (exact) mass is 259 g/mol. The Balaban J connectivity index is 1.77. The van der Waals surface area contributed by atoms with Crippen molar-refractivity contribution in [2.75, 3.05) is 12.4 Å². The Bertz CT molecular complexity index is 476. The molecule has 1 heterocycles. The number of amides is 1. The minimum Gasteiger partial charge on any atom is -0.324 e. The predicted molar refractivity (Wildman–Crippen MR) is 74.8 cm³/mol. The summed E-state index contributed by atoms with van der Waals surface area (Å²) in [4.78, 5) is 16.7. The fraction of sp³-hybridized carbons (Fsp3) is 0.600. The number of anilines is 1. The molecule has 0 spiro atoms. The first-order valence-electron chi connectivity index (χ1n) is 7.09. The first kappa shape index (κ1) is 12.6. The Labute approximate surface area is 114 Å². The van der Waals surface area contributed by atoms with E-state index in [0.29, 0.717) is 0 Å². The highest BCUT2D eigenvalue weighted by Crippen LogP contribution is 2.53. The lowest BCUT2D eigenvalue weighted by Crippen LogP contribution is -2.46. The van der Waals surface area contributed by atoms with E-state index in [9.17, 15) is 4.79 Å². The summed E-state index contributed by atoms with van der Waals surface area (Å²) in [5, 5.41) is 6.50. The topological polar surface area (TPSA) is 54.0 Å². The van der Waals surface area contributed by atoms with Crippen LogP contribution in [-0.2, 0) is 4.79 Å². The van der Waals surface area contributed by atoms with E-state index >= 15 is 0 Å². The van der Waals surface area contributed by atoms with Gasteiger partial charge in [-0.2, -0.15) is 0 Å². The molecule has 4 heteroatoms. The van der Waals surface area contributed by atoms with Crippen LogP contribution in [0.2, 0.25) is 0 Å². The van der Waals surface area contributed by atoms with E-state index < -0.39 is 0 Å². The van der Waals surface area contributed by atoms with Gasteiger partial charge in [0.15, 0.2) is 0 Å². The summed E-state index contributed by atoms with van der Waals surface area (Å²) in [5.41, 5.74) is 0.830. The van der Waals surface area contributed by atoms with Gasteiger partial charge in [-0.3, -0.25) is 9.78 Å². The van der Waals surface area contributed by atoms with Gasteiger partial charge in [-0.15, -0.1) is 0 Å². The van der Waals surface area contributed by atoms with Crippen molar-refractivity contribution in [3.8, 4) is 0 Å². The zero-order valence-corrected chi connectivity index (χ0v) is 11.4. The van der Waals surface area contributed by atoms with Crippen LogP contribution < -0.4 is 10.6 Å². The number of carbonyl (C=O) groups is 1. The third-order valence-electron chi connectivity index (χ3n) is 5.00. The fourth-order valence-corrected chi connectivity index (χ4v) is 3.84. The van der Waals surface area contributed by atoms with Gasteiger partial charge in [0.2, 0.25) is 5.91 Å². The van der Waals surface area contributed by atoms with E-state index in [4.69, 9.17) is 0 Å². The molecule has 2 fully saturated rings. The van der Waals surface area contributed by atoms with Crippen LogP contribution in [0.15, 0.2) is 24.5 Å². The van der Waals surface area contributed by atoms with Gasteiger partial charge in [0.25, 0.3) is 0 Å². The van der Waals surface area contributed by atoms with Gasteiger partial charge in [-0.05, 0) is 51.3 Å². The Morgan fingerprint density at radius 3 is 2.95 bits per heavy atom. The average Bonchev–Trinajstić information content (AvgIpc) is 2.73. The van der Waals surface area contributed by atoms with Crippen molar-refractivity contribution in [3.63, 3.8) is 0 Å². The van der Waals surface area contributed by atoms with Crippen molar-refractivity contribution in [1.29, 1.82) is 0 Å². The zero-order valence-electron chi connectivity index (χ0n) is 11.4. The van der Waals surface area contributed by atoms with Crippen LogP contribution in [0.25, 0.3) is 0 Å². The number of aromatic nitrogens is 1. The van der Waals surface area contributed by atoms with E-state index in [1.807, 2.05) is 19.2 Å². The Morgan fingerprint density at radius 1 is 1.32 bits per heavy atom. The van der Waals surface area contributed by atoms with Gasteiger partial charge in [-0.1, -0.05) is 6.42 Å². The van der Waals surface area contributed by atoms with Gasteiger partial charge >= 0.3 is 0 Å². The average molecular weight is 259 g/mol. The maximum Gasteiger partial charge on any atom is 0.230 e. The molecule has 2 unspecified atom stereocenters. The molecule has 2 bridgehead atoms. The fourth-order valence-electron chi connectivity index (χ4n) is 3.84. The summed E-state index contributed by atoms with van der Waals surface area (Å²) < 4.78 is 0. The molecule has 2 aliphatic rings. The molecule has 4 nitrogen and oxygen atoms in total. The summed E-state index contributed by atoms with van der Waals surface area (Å²) in [6, 6.07) is 3.74. The predicted octanol–water partition coefficient (Wildman–Crippen LogP) is 2.33. The highest BCUT2D eigenvalue weighted by atomic mass is 16.2. The summed E-state index contributed by atoms with van der Waals surface area (Å²) in [6.45, 7) is 0. The second kappa shape index (κ2) is 4.60. The molecule has 0 aromatic carbocycles. The summed E-state index contributed by atoms with van der Waals surface area (Å²) >= 11 is 0. The molecule has 2 saturated carbocycles. The Kier molecular flexibility index (Phi) is 3.05. The molecule has 0 aliphatic heterocycles. The van der Waals surface area contributed by atoms with Crippen molar-refractivity contribution in [2.45, 2.75) is 44.1 Å². The normalized spacial score (nSPS) is 33.1. The number of hydrogen-bond acceptors (Lipinski definition) is 3. The van der Waals surface area contributed by atoms with Crippen LogP contribution in [0.5, 0.6) is 0 Å². The lowest BCUT2D eigenvalue weighted by Gasteiger charge is -2.38. The van der Waals surface area contributed by atoms with Gasteiger partial charge < -0.3 is 10.6 Å². The number of rotatable bonds is 3. The van der Waals surface area contributed by atoms with Crippen molar-refractivity contribution < 1.29 is 4.79 Å². The third-order valence-corrected chi connectivity index (χ3v) is 5.00. The maximum atomic E-state index is 12.6. The molecule has 2 N–H and O–H groups in total. The lowest BCUT2D eigenvalue weighted by atomic mass is 9.72. The van der Waals surface area contributed by atoms with Gasteiger partial charge in [0, 0.05) is 11.7 Å². The number of nitrogens with one attached hydrogen (secondary N) is 2. The number of fused-ring (bicyclic) bond motifs is 2. The molecule has 2 atom stereocenters. The zero-order chi connectivity index (χ0) is 13.3. The van der Waals surface area contributed by atoms with Crippen LogP contribution in [-0.4, -0.2) is 23.5 Å². The molecule has 0 radical (unpaired) electrons. The second-order valence-electron chi connectivity index (χ2n) is 6.04. The summed E-state index contributed by atoms with van der Waals surface area (Å²) in [7, 11) is 2.03. The largest absolute Gasteiger partial charge is 0.324 e. The number of pyridine rings is 1. The van der Waals surface area contributed by atoms with Crippen LogP contribution >= 0.6 is 0 Å². The molecule has 1 amide bonds. The highest BCUT2D eigenvalue weighted by Gasteiger charge is 2.54. The Hall–Kier alpha value is -1.42. The Morgan fingerprint density at radius 2 is 2.21 bits per heavy atom. The molecule has 2 aliphatic carbocycles. The van der Waals surface area contributed by atoms with Crippen LogP contribution in [0, 0.1) is 5.41 Å². The van der Waals surface area contributed by atoms with E-state index in [-0.39, 0.29) is 16.9 Å². The van der Waals surface area contributed by atoms with Crippen LogP contribution in [0.3, 0.4) is 0 Å². The van der Waals surface area contributed by atoms with Gasteiger partial charge in [0.05, 0.1) is 17.3 Å². The van der Waals surface area contributed by atoms with E-state index in [2.05, 4.69) is 15.6 Å². The van der Waals surface area contributed by atoms with Gasteiger partial charge in [0.1, 0.15) is 0 Å². The SMILES string of the molecule is CNC12CCCC(C(=O)Nc3cccnc3)(CC1)C2. The highest BCUT2D eigenvalue weighted by molar-refractivity contribution is 5.95. The van der Waals surface area contributed by atoms with Crippen molar-refractivity contribution >= 4 is 11.6 Å². The lowest BCUT2D eigenvalue weighted by molar-refractivity contribution is -0.126. The summed E-state index contributed by atoms with van der Waals surface area (Å²) in [5.74, 6) is 0.178. The maximum absolute atomic E-state index is 12.6. The number of nitrogens with zero attached hydrogens (tertiary/aromatic N) is 1. The molecular formula is C15H21N3O. The first-order chi connectivity index (χ1) is 9.18. The van der Waals surface area contributed by atoms with Crippen molar-refractivity contribution in [1.82, 2.24) is 10.3 Å². The standard InChI is InChI=1S/C15H21N3O/c1-16-15-6-3-5-14(11-15,7-8-15)13(19)18-12-4-2-9-17-10-12/h2,4,9-10,16H,3,5-8,11H2,1H3,(H,18,19). The van der Waals surface area contributed by atoms with Gasteiger partial charge in [-0.25, -0.2) is 0 Å². The summed E-state index contributed by atoms with van der Waals surface area (Å²) in [6.07, 6.45) is 9.87. The van der Waals surface area contributed by atoms with E-state index in [1.54, 1.807) is 12.4 Å². The smallest absolute Gasteiger partial charge is 0.230 e. The second-order valence-corrected chi connectivity index (χ2v) is 6.04. The molecule has 19 heavy (non-hydrogen) atoms. The first-order valence-corrected chi connectivity index (χ1v) is 7.09. The molecule has 3 rings (SSSR count). The minimum atomic E-state index is -0.170. The molecular weight excluding hydrogens is 238 g/mol. The van der Waals surface area contributed by atoms with E-state index in [0.717, 1.165) is 37.8 Å². The van der Waals surface area contributed by atoms with E-state index in [1.165, 1.54) is 6.42 Å². The van der Waals surface area contributed by atoms with Crippen molar-refractivity contribution in [2.24, 2.45) is 5.41 Å². The molecule has 102 valence electrons. The number of carbonyl (C=O) groups excluding carboxylic acids is 1.